The number of carboxylic acid groups (broad SMARTS) is 1. The number of alkyl halides is 1. The molecule has 1 saturated carbocycles. The molecule has 1 unspecified atom stereocenters. The Balaban J connectivity index is 1.26. The summed E-state index contributed by atoms with van der Waals surface area (Å²) in [4.78, 5) is 30.9. The van der Waals surface area contributed by atoms with Crippen LogP contribution in [-0.2, 0) is 23.1 Å². The zero-order valence-corrected chi connectivity index (χ0v) is 22.3. The van der Waals surface area contributed by atoms with Crippen molar-refractivity contribution in [2.24, 2.45) is 13.0 Å². The number of nitrogens with one attached hydrogen (secondary N) is 1. The first-order valence-corrected chi connectivity index (χ1v) is 13.8. The van der Waals surface area contributed by atoms with E-state index >= 15 is 8.78 Å². The molecule has 0 bridgehead atoms. The SMILES string of the molecule is Cn1cc(-c2nc3ccc(CC(=O)C(F)(NC4CCC(C(=O)O)CC4)N4CCCC4)c(F)c3o2)c2ccccc21. The minimum atomic E-state index is -2.46. The summed E-state index contributed by atoms with van der Waals surface area (Å²) in [6, 6.07) is 10.5. The van der Waals surface area contributed by atoms with Crippen LogP contribution in [0.25, 0.3) is 33.5 Å². The van der Waals surface area contributed by atoms with Crippen LogP contribution in [0.5, 0.6) is 0 Å². The number of carboxylic acids is 1. The van der Waals surface area contributed by atoms with E-state index in [4.69, 9.17) is 4.42 Å². The van der Waals surface area contributed by atoms with Crippen molar-refractivity contribution in [3.63, 3.8) is 0 Å². The third-order valence-corrected chi connectivity index (χ3v) is 8.44. The minimum Gasteiger partial charge on any atom is -0.481 e. The van der Waals surface area contributed by atoms with Crippen LogP contribution in [0.2, 0.25) is 0 Å². The fourth-order valence-corrected chi connectivity index (χ4v) is 6.18. The van der Waals surface area contributed by atoms with Gasteiger partial charge in [0.25, 0.3) is 5.92 Å². The summed E-state index contributed by atoms with van der Waals surface area (Å²) < 4.78 is 40.2. The molecule has 210 valence electrons. The first-order chi connectivity index (χ1) is 19.2. The normalized spacial score (nSPS) is 21.7. The van der Waals surface area contributed by atoms with E-state index in [0.717, 1.165) is 29.3 Å². The lowest BCUT2D eigenvalue weighted by Crippen LogP contribution is -2.63. The van der Waals surface area contributed by atoms with Crippen LogP contribution >= 0.6 is 0 Å². The molecule has 40 heavy (non-hydrogen) atoms. The van der Waals surface area contributed by atoms with Gasteiger partial charge in [-0.05, 0) is 56.2 Å². The average molecular weight is 551 g/mol. The summed E-state index contributed by atoms with van der Waals surface area (Å²) in [5, 5.41) is 13.1. The molecule has 2 aliphatic rings. The van der Waals surface area contributed by atoms with Gasteiger partial charge < -0.3 is 14.1 Å². The number of carbonyl (C=O) groups excluding carboxylic acids is 1. The lowest BCUT2D eigenvalue weighted by molar-refractivity contribution is -0.151. The van der Waals surface area contributed by atoms with E-state index in [-0.39, 0.29) is 23.1 Å². The van der Waals surface area contributed by atoms with E-state index in [0.29, 0.717) is 44.3 Å². The second-order valence-corrected chi connectivity index (χ2v) is 11.0. The lowest BCUT2D eigenvalue weighted by Gasteiger charge is -2.39. The Morgan fingerprint density at radius 2 is 1.85 bits per heavy atom. The number of aromatic nitrogens is 2. The molecule has 1 atom stereocenters. The summed E-state index contributed by atoms with van der Waals surface area (Å²) in [6.45, 7) is 0.829. The Hall–Kier alpha value is -3.63. The number of carbonyl (C=O) groups is 2. The molecule has 1 aliphatic carbocycles. The number of hydrogen-bond acceptors (Lipinski definition) is 6. The van der Waals surface area contributed by atoms with Crippen LogP contribution in [-0.4, -0.2) is 56.4 Å². The number of fused-ring (bicyclic) bond motifs is 2. The Morgan fingerprint density at radius 3 is 2.58 bits per heavy atom. The van der Waals surface area contributed by atoms with E-state index < -0.39 is 35.8 Å². The standard InChI is InChI=1S/C30H32F2N4O4/c1-35-17-22(21-6-2-3-7-24(21)35)28-33-23-13-10-19(26(31)27(23)40-28)16-25(37)30(32,36-14-4-5-15-36)34-20-11-8-18(9-12-20)29(38)39/h2-3,6-7,10,13,17-18,20,34H,4-5,8-9,11-12,14-16H2,1H3,(H,38,39). The summed E-state index contributed by atoms with van der Waals surface area (Å²) >= 11 is 0. The molecule has 2 N–H and O–H groups in total. The molecule has 10 heteroatoms. The predicted octanol–water partition coefficient (Wildman–Crippen LogP) is 5.19. The number of nitrogens with zero attached hydrogens (tertiary/aromatic N) is 3. The number of aliphatic carboxylic acids is 1. The van der Waals surface area contributed by atoms with Gasteiger partial charge in [0.2, 0.25) is 11.7 Å². The number of Topliss-reactive ketones (excluding diaryl/α,β-unsaturated/α-hetero) is 1. The van der Waals surface area contributed by atoms with Gasteiger partial charge in [0.05, 0.1) is 11.5 Å². The van der Waals surface area contributed by atoms with Crippen molar-refractivity contribution in [2.45, 2.75) is 56.9 Å². The first-order valence-electron chi connectivity index (χ1n) is 13.8. The van der Waals surface area contributed by atoms with Crippen molar-refractivity contribution < 1.29 is 27.9 Å². The van der Waals surface area contributed by atoms with E-state index in [1.165, 1.54) is 11.0 Å². The highest BCUT2D eigenvalue weighted by Crippen LogP contribution is 2.34. The van der Waals surface area contributed by atoms with Gasteiger partial charge in [-0.15, -0.1) is 0 Å². The number of ketones is 1. The minimum absolute atomic E-state index is 0.0377. The maximum Gasteiger partial charge on any atom is 0.306 e. The van der Waals surface area contributed by atoms with Crippen LogP contribution in [0, 0.1) is 11.7 Å². The van der Waals surface area contributed by atoms with Crippen LogP contribution < -0.4 is 5.32 Å². The molecule has 2 aromatic carbocycles. The summed E-state index contributed by atoms with van der Waals surface area (Å²) in [5.74, 6) is -4.99. The van der Waals surface area contributed by atoms with Gasteiger partial charge in [0, 0.05) is 49.7 Å². The topological polar surface area (TPSA) is 101 Å². The molecular formula is C30H32F2N4O4. The zero-order valence-electron chi connectivity index (χ0n) is 22.3. The Labute approximate surface area is 230 Å². The van der Waals surface area contributed by atoms with Gasteiger partial charge >= 0.3 is 5.97 Å². The van der Waals surface area contributed by atoms with E-state index in [1.54, 1.807) is 6.07 Å². The third-order valence-electron chi connectivity index (χ3n) is 8.44. The Morgan fingerprint density at radius 1 is 1.12 bits per heavy atom. The number of oxazole rings is 1. The van der Waals surface area contributed by atoms with Crippen LogP contribution in [0.15, 0.2) is 47.0 Å². The fraction of sp³-hybridized carbons (Fsp3) is 0.433. The van der Waals surface area contributed by atoms with Crippen molar-refractivity contribution in [3.8, 4) is 11.5 Å². The third kappa shape index (κ3) is 4.69. The molecule has 2 fully saturated rings. The van der Waals surface area contributed by atoms with Crippen LogP contribution in [0.4, 0.5) is 8.78 Å². The molecule has 1 saturated heterocycles. The maximum atomic E-state index is 16.6. The number of hydrogen-bond donors (Lipinski definition) is 2. The van der Waals surface area contributed by atoms with Crippen molar-refractivity contribution in [1.82, 2.24) is 19.8 Å². The van der Waals surface area contributed by atoms with E-state index in [1.807, 2.05) is 42.1 Å². The highest BCUT2D eigenvalue weighted by molar-refractivity contribution is 5.95. The lowest BCUT2D eigenvalue weighted by atomic mass is 9.85. The first kappa shape index (κ1) is 26.6. The van der Waals surface area contributed by atoms with Crippen molar-refractivity contribution in [2.75, 3.05) is 13.1 Å². The number of benzene rings is 2. The highest BCUT2D eigenvalue weighted by atomic mass is 19.2. The molecule has 6 rings (SSSR count). The average Bonchev–Trinajstić information content (AvgIpc) is 3.70. The molecule has 2 aromatic heterocycles. The molecule has 3 heterocycles. The largest absolute Gasteiger partial charge is 0.481 e. The van der Waals surface area contributed by atoms with Gasteiger partial charge in [-0.3, -0.25) is 19.8 Å². The van der Waals surface area contributed by atoms with Crippen molar-refractivity contribution in [3.05, 3.63) is 54.0 Å². The van der Waals surface area contributed by atoms with Gasteiger partial charge in [0.15, 0.2) is 11.4 Å². The molecular weight excluding hydrogens is 518 g/mol. The van der Waals surface area contributed by atoms with E-state index in [9.17, 15) is 14.7 Å². The summed E-state index contributed by atoms with van der Waals surface area (Å²) in [5.41, 5.74) is 1.99. The quantitative estimate of drug-likeness (QED) is 0.291. The zero-order chi connectivity index (χ0) is 28.0. The predicted molar refractivity (Wildman–Crippen MR) is 146 cm³/mol. The molecule has 1 aliphatic heterocycles. The van der Waals surface area contributed by atoms with Crippen molar-refractivity contribution in [1.29, 1.82) is 0 Å². The number of rotatable bonds is 8. The van der Waals surface area contributed by atoms with Crippen LogP contribution in [0.3, 0.4) is 0 Å². The van der Waals surface area contributed by atoms with Crippen molar-refractivity contribution >= 4 is 33.8 Å². The Kier molecular flexibility index (Phi) is 6.92. The van der Waals surface area contributed by atoms with Gasteiger partial charge in [-0.1, -0.05) is 24.3 Å². The maximum absolute atomic E-state index is 16.6. The van der Waals surface area contributed by atoms with Gasteiger partial charge in [-0.25, -0.2) is 9.37 Å². The number of para-hydroxylation sites is 1. The highest BCUT2D eigenvalue weighted by Gasteiger charge is 2.47. The monoisotopic (exact) mass is 550 g/mol. The molecule has 0 amide bonds. The molecule has 0 radical (unpaired) electrons. The summed E-state index contributed by atoms with van der Waals surface area (Å²) in [6.07, 6.45) is 4.71. The number of likely N-dealkylation sites (tertiary alicyclic amines) is 1. The number of halogens is 2. The molecule has 0 spiro atoms. The summed E-state index contributed by atoms with van der Waals surface area (Å²) in [7, 11) is 1.91. The van der Waals surface area contributed by atoms with Gasteiger partial charge in [0.1, 0.15) is 5.52 Å². The molecule has 8 nitrogen and oxygen atoms in total. The molecule has 4 aromatic rings. The van der Waals surface area contributed by atoms with Gasteiger partial charge in [-0.2, -0.15) is 4.39 Å². The fourth-order valence-electron chi connectivity index (χ4n) is 6.18. The second-order valence-electron chi connectivity index (χ2n) is 11.0. The number of aryl methyl sites for hydroxylation is 1. The Bertz CT molecular complexity index is 1580. The van der Waals surface area contributed by atoms with E-state index in [2.05, 4.69) is 10.3 Å². The van der Waals surface area contributed by atoms with Crippen LogP contribution in [0.1, 0.15) is 44.1 Å². The smallest absolute Gasteiger partial charge is 0.306 e. The second kappa shape index (κ2) is 10.4.